The SMILES string of the molecule is CS(=O)(=O)c1cccc(C(=O)N2C[C@H]3COCC[C@@]3(C(=O)O)C2)c1. The zero-order valence-corrected chi connectivity index (χ0v) is 14.1. The molecule has 0 unspecified atom stereocenters. The van der Waals surface area contributed by atoms with Crippen molar-refractivity contribution in [1.82, 2.24) is 4.90 Å². The first-order valence-corrected chi connectivity index (χ1v) is 9.54. The lowest BCUT2D eigenvalue weighted by Gasteiger charge is -2.33. The first kappa shape index (κ1) is 16.9. The Morgan fingerprint density at radius 1 is 1.38 bits per heavy atom. The van der Waals surface area contributed by atoms with E-state index in [1.54, 1.807) is 6.07 Å². The van der Waals surface area contributed by atoms with Crippen LogP contribution in [-0.2, 0) is 19.4 Å². The Morgan fingerprint density at radius 2 is 2.12 bits per heavy atom. The number of hydrogen-bond donors (Lipinski definition) is 1. The Hall–Kier alpha value is -1.93. The monoisotopic (exact) mass is 353 g/mol. The second-order valence-electron chi connectivity index (χ2n) is 6.47. The van der Waals surface area contributed by atoms with Crippen LogP contribution in [0.1, 0.15) is 16.8 Å². The number of fused-ring (bicyclic) bond motifs is 1. The summed E-state index contributed by atoms with van der Waals surface area (Å²) in [6.07, 6.45) is 1.46. The minimum absolute atomic E-state index is 0.0706. The maximum atomic E-state index is 12.7. The van der Waals surface area contributed by atoms with Gasteiger partial charge in [0.25, 0.3) is 5.91 Å². The molecule has 2 aliphatic heterocycles. The molecule has 1 N–H and O–H groups in total. The van der Waals surface area contributed by atoms with E-state index in [9.17, 15) is 23.1 Å². The van der Waals surface area contributed by atoms with Crippen molar-refractivity contribution in [2.75, 3.05) is 32.6 Å². The van der Waals surface area contributed by atoms with Crippen molar-refractivity contribution in [3.63, 3.8) is 0 Å². The molecule has 1 aromatic rings. The van der Waals surface area contributed by atoms with Crippen molar-refractivity contribution in [1.29, 1.82) is 0 Å². The van der Waals surface area contributed by atoms with Crippen molar-refractivity contribution < 1.29 is 27.9 Å². The van der Waals surface area contributed by atoms with E-state index < -0.39 is 21.2 Å². The summed E-state index contributed by atoms with van der Waals surface area (Å²) in [4.78, 5) is 26.1. The van der Waals surface area contributed by atoms with Gasteiger partial charge in [-0.15, -0.1) is 0 Å². The molecule has 7 nitrogen and oxygen atoms in total. The number of amides is 1. The van der Waals surface area contributed by atoms with Gasteiger partial charge < -0.3 is 14.7 Å². The smallest absolute Gasteiger partial charge is 0.311 e. The number of hydrogen-bond acceptors (Lipinski definition) is 5. The Bertz CT molecular complexity index is 790. The Balaban J connectivity index is 1.88. The molecule has 2 saturated heterocycles. The van der Waals surface area contributed by atoms with Gasteiger partial charge >= 0.3 is 5.97 Å². The predicted molar refractivity (Wildman–Crippen MR) is 84.5 cm³/mol. The van der Waals surface area contributed by atoms with Crippen LogP contribution >= 0.6 is 0 Å². The lowest BCUT2D eigenvalue weighted by Crippen LogP contribution is -2.45. The summed E-state index contributed by atoms with van der Waals surface area (Å²) in [7, 11) is -3.41. The van der Waals surface area contributed by atoms with Crippen LogP contribution in [0.3, 0.4) is 0 Å². The molecule has 0 aliphatic carbocycles. The summed E-state index contributed by atoms with van der Waals surface area (Å²) < 4.78 is 28.7. The van der Waals surface area contributed by atoms with E-state index in [1.165, 1.54) is 23.1 Å². The second kappa shape index (κ2) is 5.86. The van der Waals surface area contributed by atoms with Gasteiger partial charge in [-0.3, -0.25) is 9.59 Å². The summed E-state index contributed by atoms with van der Waals surface area (Å²) in [6, 6.07) is 5.83. The maximum Gasteiger partial charge on any atom is 0.311 e. The van der Waals surface area contributed by atoms with Crippen LogP contribution in [0.2, 0.25) is 0 Å². The topological polar surface area (TPSA) is 101 Å². The third kappa shape index (κ3) is 2.80. The number of ether oxygens (including phenoxy) is 1. The molecule has 24 heavy (non-hydrogen) atoms. The molecule has 0 spiro atoms. The number of carboxylic acid groups (broad SMARTS) is 1. The highest BCUT2D eigenvalue weighted by atomic mass is 32.2. The number of carbonyl (C=O) groups is 2. The van der Waals surface area contributed by atoms with Crippen molar-refractivity contribution >= 4 is 21.7 Å². The van der Waals surface area contributed by atoms with Gasteiger partial charge in [0.2, 0.25) is 0 Å². The lowest BCUT2D eigenvalue weighted by atomic mass is 9.74. The van der Waals surface area contributed by atoms with Gasteiger partial charge in [0.05, 0.1) is 16.9 Å². The summed E-state index contributed by atoms with van der Waals surface area (Å²) in [5.74, 6) is -1.50. The molecule has 0 aromatic heterocycles. The fourth-order valence-corrected chi connectivity index (χ4v) is 4.16. The van der Waals surface area contributed by atoms with Gasteiger partial charge in [0.15, 0.2) is 9.84 Å². The average molecular weight is 353 g/mol. The van der Waals surface area contributed by atoms with Gasteiger partial charge in [-0.2, -0.15) is 0 Å². The summed E-state index contributed by atoms with van der Waals surface area (Å²) in [5.41, 5.74) is -0.722. The van der Waals surface area contributed by atoms with E-state index in [2.05, 4.69) is 0 Å². The molecule has 2 aliphatic rings. The number of carboxylic acids is 1. The number of aliphatic carboxylic acids is 1. The van der Waals surface area contributed by atoms with Crippen LogP contribution in [0.15, 0.2) is 29.2 Å². The highest BCUT2D eigenvalue weighted by Crippen LogP contribution is 2.42. The number of likely N-dealkylation sites (tertiary alicyclic amines) is 1. The van der Waals surface area contributed by atoms with Crippen molar-refractivity contribution in [3.05, 3.63) is 29.8 Å². The minimum atomic E-state index is -3.41. The summed E-state index contributed by atoms with van der Waals surface area (Å²) >= 11 is 0. The zero-order chi connectivity index (χ0) is 17.5. The fraction of sp³-hybridized carbons (Fsp3) is 0.500. The van der Waals surface area contributed by atoms with Crippen LogP contribution in [0.4, 0.5) is 0 Å². The number of sulfone groups is 1. The summed E-state index contributed by atoms with van der Waals surface area (Å²) in [5, 5.41) is 9.65. The van der Waals surface area contributed by atoms with E-state index in [1.807, 2.05) is 0 Å². The van der Waals surface area contributed by atoms with Gasteiger partial charge in [-0.25, -0.2) is 8.42 Å². The molecule has 8 heteroatoms. The predicted octanol–water partition coefficient (Wildman–Crippen LogP) is 0.653. The van der Waals surface area contributed by atoms with Crippen molar-refractivity contribution in [3.8, 4) is 0 Å². The van der Waals surface area contributed by atoms with Gasteiger partial charge in [0.1, 0.15) is 0 Å². The molecular formula is C16H19NO6S. The van der Waals surface area contributed by atoms with Crippen LogP contribution in [0.25, 0.3) is 0 Å². The van der Waals surface area contributed by atoms with E-state index in [-0.39, 0.29) is 28.8 Å². The summed E-state index contributed by atoms with van der Waals surface area (Å²) in [6.45, 7) is 1.11. The quantitative estimate of drug-likeness (QED) is 0.856. The molecule has 130 valence electrons. The van der Waals surface area contributed by atoms with Crippen LogP contribution in [-0.4, -0.2) is 62.9 Å². The van der Waals surface area contributed by atoms with E-state index in [0.29, 0.717) is 26.2 Å². The zero-order valence-electron chi connectivity index (χ0n) is 13.3. The maximum absolute atomic E-state index is 12.7. The van der Waals surface area contributed by atoms with Crippen molar-refractivity contribution in [2.24, 2.45) is 11.3 Å². The van der Waals surface area contributed by atoms with Crippen molar-refractivity contribution in [2.45, 2.75) is 11.3 Å². The molecule has 1 amide bonds. The Kier molecular flexibility index (Phi) is 4.13. The Morgan fingerprint density at radius 3 is 2.75 bits per heavy atom. The van der Waals surface area contributed by atoms with E-state index in [4.69, 9.17) is 4.74 Å². The second-order valence-corrected chi connectivity index (χ2v) is 8.48. The van der Waals surface area contributed by atoms with Crippen LogP contribution in [0, 0.1) is 11.3 Å². The van der Waals surface area contributed by atoms with Crippen LogP contribution < -0.4 is 0 Å². The third-order valence-electron chi connectivity index (χ3n) is 4.93. The van der Waals surface area contributed by atoms with E-state index >= 15 is 0 Å². The normalized spacial score (nSPS) is 26.9. The molecule has 1 aromatic carbocycles. The average Bonchev–Trinajstić information content (AvgIpc) is 2.94. The molecule has 0 radical (unpaired) electrons. The molecular weight excluding hydrogens is 334 g/mol. The molecule has 2 atom stereocenters. The van der Waals surface area contributed by atoms with E-state index in [0.717, 1.165) is 6.26 Å². The molecule has 3 rings (SSSR count). The largest absolute Gasteiger partial charge is 0.481 e. The highest BCUT2D eigenvalue weighted by Gasteiger charge is 2.54. The molecule has 2 fully saturated rings. The number of benzene rings is 1. The standard InChI is InChI=1S/C16H19NO6S/c1-24(21,22)13-4-2-3-11(7-13)14(18)17-8-12-9-23-6-5-16(12,10-17)15(19)20/h2-4,7,12H,5-6,8-10H2,1H3,(H,19,20)/t12-,16+/m0/s1. The first-order chi connectivity index (χ1) is 11.2. The molecule has 0 saturated carbocycles. The lowest BCUT2D eigenvalue weighted by molar-refractivity contribution is -0.157. The number of rotatable bonds is 3. The molecule has 2 heterocycles. The Labute approximate surface area is 140 Å². The van der Waals surface area contributed by atoms with Gasteiger partial charge in [0, 0.05) is 37.4 Å². The fourth-order valence-electron chi connectivity index (χ4n) is 3.50. The van der Waals surface area contributed by atoms with Gasteiger partial charge in [-0.05, 0) is 24.6 Å². The highest BCUT2D eigenvalue weighted by molar-refractivity contribution is 7.90. The minimum Gasteiger partial charge on any atom is -0.481 e. The molecule has 0 bridgehead atoms. The number of carbonyl (C=O) groups excluding carboxylic acids is 1. The van der Waals surface area contributed by atoms with Gasteiger partial charge in [-0.1, -0.05) is 6.07 Å². The first-order valence-electron chi connectivity index (χ1n) is 7.64. The number of nitrogens with zero attached hydrogens (tertiary/aromatic N) is 1. The van der Waals surface area contributed by atoms with Crippen LogP contribution in [0.5, 0.6) is 0 Å². The third-order valence-corrected chi connectivity index (χ3v) is 6.04.